The molecule has 1 saturated heterocycles. The summed E-state index contributed by atoms with van der Waals surface area (Å²) in [6.07, 6.45) is 6.57. The van der Waals surface area contributed by atoms with Gasteiger partial charge in [0.15, 0.2) is 5.82 Å². The highest BCUT2D eigenvalue weighted by Crippen LogP contribution is 2.32. The van der Waals surface area contributed by atoms with Crippen molar-refractivity contribution in [3.05, 3.63) is 58.3 Å². The number of rotatable bonds is 10. The second-order valence-electron chi connectivity index (χ2n) is 7.54. The number of aromatic amines is 1. The molecule has 1 aromatic heterocycles. The number of aliphatic hydroxyl groups excluding tert-OH is 1. The minimum atomic E-state index is -0.884. The van der Waals surface area contributed by atoms with Gasteiger partial charge in [-0.2, -0.15) is 5.10 Å². The second kappa shape index (κ2) is 10.7. The van der Waals surface area contributed by atoms with Gasteiger partial charge in [0.1, 0.15) is 11.6 Å². The molecule has 0 spiro atoms. The Balaban J connectivity index is 1.85. The number of halogens is 2. The SMILES string of the molecule is N=C/C=C(\C=N)c1[nH]nc(N2CCC(Cc3cc(F)c(/C(C=N)=C/C=N)c(F)c3)C2=O)c1CO. The molecule has 1 fully saturated rings. The molecule has 1 aliphatic rings. The van der Waals surface area contributed by atoms with Gasteiger partial charge in [-0.05, 0) is 42.7 Å². The number of H-pyrrole nitrogens is 1. The number of aromatic nitrogens is 2. The van der Waals surface area contributed by atoms with Crippen LogP contribution in [0.4, 0.5) is 14.6 Å². The first-order chi connectivity index (χ1) is 16.4. The van der Waals surface area contributed by atoms with Crippen LogP contribution in [0.25, 0.3) is 11.1 Å². The van der Waals surface area contributed by atoms with Crippen LogP contribution in [0.2, 0.25) is 0 Å². The van der Waals surface area contributed by atoms with Crippen molar-refractivity contribution in [1.82, 2.24) is 10.2 Å². The lowest BCUT2D eigenvalue weighted by Gasteiger charge is -2.16. The third kappa shape index (κ3) is 4.64. The molecule has 3 rings (SSSR count). The zero-order valence-electron chi connectivity index (χ0n) is 18.0. The molecule has 11 heteroatoms. The van der Waals surface area contributed by atoms with Crippen molar-refractivity contribution in [2.75, 3.05) is 11.4 Å². The van der Waals surface area contributed by atoms with E-state index >= 15 is 0 Å². The summed E-state index contributed by atoms with van der Waals surface area (Å²) >= 11 is 0. The Morgan fingerprint density at radius 2 is 1.74 bits per heavy atom. The number of hydrogen-bond acceptors (Lipinski definition) is 7. The van der Waals surface area contributed by atoms with E-state index in [1.165, 1.54) is 11.0 Å². The molecule has 1 aliphatic heterocycles. The maximum absolute atomic E-state index is 14.6. The topological polar surface area (TPSA) is 165 Å². The van der Waals surface area contributed by atoms with Gasteiger partial charge in [0.25, 0.3) is 0 Å². The monoisotopic (exact) mass is 467 g/mol. The van der Waals surface area contributed by atoms with Crippen LogP contribution in [0.15, 0.2) is 24.3 Å². The molecule has 1 atom stereocenters. The minimum absolute atomic E-state index is 0.0769. The molecule has 9 nitrogen and oxygen atoms in total. The summed E-state index contributed by atoms with van der Waals surface area (Å²) in [6.45, 7) is -0.159. The lowest BCUT2D eigenvalue weighted by molar-refractivity contribution is -0.120. The molecular weight excluding hydrogens is 444 g/mol. The number of allylic oxidation sites excluding steroid dienone is 4. The van der Waals surface area contributed by atoms with Gasteiger partial charge < -0.3 is 26.7 Å². The number of benzene rings is 1. The van der Waals surface area contributed by atoms with Crippen molar-refractivity contribution < 1.29 is 18.7 Å². The maximum Gasteiger partial charge on any atom is 0.231 e. The molecule has 1 amide bonds. The molecule has 1 aromatic carbocycles. The van der Waals surface area contributed by atoms with Crippen LogP contribution in [-0.4, -0.2) is 52.6 Å². The highest BCUT2D eigenvalue weighted by Gasteiger charge is 2.36. The fraction of sp³-hybridized carbons (Fsp3) is 0.217. The highest BCUT2D eigenvalue weighted by atomic mass is 19.1. The first-order valence-electron chi connectivity index (χ1n) is 10.3. The summed E-state index contributed by atoms with van der Waals surface area (Å²) in [4.78, 5) is 14.5. The molecule has 0 saturated carbocycles. The predicted molar refractivity (Wildman–Crippen MR) is 126 cm³/mol. The summed E-state index contributed by atoms with van der Waals surface area (Å²) in [5.41, 5.74) is 0.748. The average Bonchev–Trinajstić information content (AvgIpc) is 3.39. The summed E-state index contributed by atoms with van der Waals surface area (Å²) < 4.78 is 29.2. The van der Waals surface area contributed by atoms with Crippen molar-refractivity contribution >= 4 is 47.7 Å². The van der Waals surface area contributed by atoms with E-state index in [1.54, 1.807) is 0 Å². The fourth-order valence-corrected chi connectivity index (χ4v) is 4.00. The Labute approximate surface area is 193 Å². The number of anilines is 1. The predicted octanol–water partition coefficient (Wildman–Crippen LogP) is 3.14. The number of carbonyl (C=O) groups is 1. The van der Waals surface area contributed by atoms with Crippen LogP contribution >= 0.6 is 0 Å². The Bertz CT molecular complexity index is 1190. The zero-order valence-corrected chi connectivity index (χ0v) is 18.0. The van der Waals surface area contributed by atoms with Crippen LogP contribution in [0, 0.1) is 39.2 Å². The van der Waals surface area contributed by atoms with E-state index < -0.39 is 29.7 Å². The maximum atomic E-state index is 14.6. The van der Waals surface area contributed by atoms with Gasteiger partial charge in [-0.25, -0.2) is 8.78 Å². The Morgan fingerprint density at radius 3 is 2.29 bits per heavy atom. The second-order valence-corrected chi connectivity index (χ2v) is 7.54. The number of nitrogens with zero attached hydrogens (tertiary/aromatic N) is 2. The van der Waals surface area contributed by atoms with Crippen molar-refractivity contribution in [2.24, 2.45) is 5.92 Å². The van der Waals surface area contributed by atoms with E-state index in [0.29, 0.717) is 23.3 Å². The number of hydrogen-bond donors (Lipinski definition) is 6. The highest BCUT2D eigenvalue weighted by molar-refractivity contribution is 6.13. The van der Waals surface area contributed by atoms with Gasteiger partial charge >= 0.3 is 0 Å². The summed E-state index contributed by atoms with van der Waals surface area (Å²) in [7, 11) is 0. The van der Waals surface area contributed by atoms with E-state index in [2.05, 4.69) is 10.2 Å². The van der Waals surface area contributed by atoms with Crippen LogP contribution in [-0.2, 0) is 17.8 Å². The quantitative estimate of drug-likeness (QED) is 0.296. The van der Waals surface area contributed by atoms with Gasteiger partial charge in [0.05, 0.1) is 17.9 Å². The third-order valence-corrected chi connectivity index (χ3v) is 5.57. The molecule has 2 heterocycles. The lowest BCUT2D eigenvalue weighted by atomic mass is 9.95. The molecular formula is C23H23F2N7O2. The number of nitrogens with one attached hydrogen (secondary N) is 5. The number of amides is 1. The molecule has 176 valence electrons. The van der Waals surface area contributed by atoms with Gasteiger partial charge in [0, 0.05) is 54.0 Å². The molecule has 0 bridgehead atoms. The molecule has 0 radical (unpaired) electrons. The fourth-order valence-electron chi connectivity index (χ4n) is 4.00. The summed E-state index contributed by atoms with van der Waals surface area (Å²) in [5.74, 6) is -2.43. The largest absolute Gasteiger partial charge is 0.391 e. The Morgan fingerprint density at radius 1 is 1.12 bits per heavy atom. The van der Waals surface area contributed by atoms with Crippen molar-refractivity contribution in [2.45, 2.75) is 19.4 Å². The van der Waals surface area contributed by atoms with E-state index in [9.17, 15) is 18.7 Å². The Hall–Kier alpha value is -4.12. The van der Waals surface area contributed by atoms with E-state index in [1.807, 2.05) is 0 Å². The molecule has 0 aliphatic carbocycles. The standard InChI is InChI=1S/C23H23F2N7O2/c24-18-8-13(9-19(25)20(18)15(10-28)1-4-26)7-14-3-6-32(23(14)34)22-17(12-33)21(30-31-22)16(11-29)2-5-27/h1-2,4-5,8-11,14,26-29,33H,3,6-7,12H2,(H,30,31)/b15-1+,16-2+,26-4?,27-5?,28-10?,29-11?. The lowest BCUT2D eigenvalue weighted by Crippen LogP contribution is -2.29. The van der Waals surface area contributed by atoms with Crippen molar-refractivity contribution in [3.8, 4) is 0 Å². The van der Waals surface area contributed by atoms with Crippen LogP contribution < -0.4 is 4.90 Å². The summed E-state index contributed by atoms with van der Waals surface area (Å²) in [6, 6.07) is 2.25. The van der Waals surface area contributed by atoms with Crippen LogP contribution in [0.5, 0.6) is 0 Å². The van der Waals surface area contributed by atoms with Gasteiger partial charge in [-0.15, -0.1) is 0 Å². The van der Waals surface area contributed by atoms with E-state index in [4.69, 9.17) is 21.6 Å². The van der Waals surface area contributed by atoms with Crippen molar-refractivity contribution in [3.63, 3.8) is 0 Å². The minimum Gasteiger partial charge on any atom is -0.391 e. The molecule has 2 aromatic rings. The first kappa shape index (κ1) is 24.5. The molecule has 1 unspecified atom stereocenters. The van der Waals surface area contributed by atoms with Crippen LogP contribution in [0.3, 0.4) is 0 Å². The van der Waals surface area contributed by atoms with Crippen molar-refractivity contribution in [1.29, 1.82) is 21.6 Å². The first-order valence-corrected chi connectivity index (χ1v) is 10.3. The number of aliphatic hydroxyl groups is 1. The average molecular weight is 467 g/mol. The normalized spacial score (nSPS) is 16.6. The van der Waals surface area contributed by atoms with Gasteiger partial charge in [-0.1, -0.05) is 0 Å². The van der Waals surface area contributed by atoms with Gasteiger partial charge in [0.2, 0.25) is 5.91 Å². The van der Waals surface area contributed by atoms with Gasteiger partial charge in [-0.3, -0.25) is 14.8 Å². The Kier molecular flexibility index (Phi) is 7.69. The van der Waals surface area contributed by atoms with E-state index in [-0.39, 0.29) is 35.8 Å². The smallest absolute Gasteiger partial charge is 0.231 e. The number of carbonyl (C=O) groups excluding carboxylic acids is 1. The zero-order chi connectivity index (χ0) is 24.8. The molecule has 34 heavy (non-hydrogen) atoms. The molecule has 6 N–H and O–H groups in total. The summed E-state index contributed by atoms with van der Waals surface area (Å²) in [5, 5.41) is 45.8. The van der Waals surface area contributed by atoms with E-state index in [0.717, 1.165) is 43.1 Å². The third-order valence-electron chi connectivity index (χ3n) is 5.57. The van der Waals surface area contributed by atoms with Crippen LogP contribution in [0.1, 0.15) is 28.8 Å².